The Hall–Kier alpha value is -2.48. The zero-order valence-electron chi connectivity index (χ0n) is 13.3. The molecular weight excluding hydrogens is 270 g/mol. The molecule has 0 amide bonds. The molecule has 0 saturated heterocycles. The number of aromatic amines is 1. The first-order valence-electron chi connectivity index (χ1n) is 7.68. The molecule has 1 heterocycles. The van der Waals surface area contributed by atoms with Crippen molar-refractivity contribution >= 4 is 10.9 Å². The van der Waals surface area contributed by atoms with Crippen LogP contribution < -0.4 is 4.74 Å². The number of fused-ring (bicyclic) bond motifs is 1. The SMILES string of the molecule is CCC(C)=COc1ccc(-c2c[nH]c3ccccc23)cc1C. The van der Waals surface area contributed by atoms with E-state index in [1.807, 2.05) is 18.4 Å². The number of allylic oxidation sites excluding steroid dienone is 1. The van der Waals surface area contributed by atoms with Crippen molar-refractivity contribution < 1.29 is 4.74 Å². The number of aryl methyl sites for hydroxylation is 1. The van der Waals surface area contributed by atoms with Crippen LogP contribution in [0.25, 0.3) is 22.0 Å². The smallest absolute Gasteiger partial charge is 0.129 e. The third kappa shape index (κ3) is 2.77. The summed E-state index contributed by atoms with van der Waals surface area (Å²) in [6, 6.07) is 14.7. The van der Waals surface area contributed by atoms with E-state index in [2.05, 4.69) is 62.3 Å². The molecule has 0 fully saturated rings. The van der Waals surface area contributed by atoms with Crippen molar-refractivity contribution in [3.8, 4) is 16.9 Å². The van der Waals surface area contributed by atoms with E-state index in [1.165, 1.54) is 22.1 Å². The number of H-pyrrole nitrogens is 1. The van der Waals surface area contributed by atoms with Gasteiger partial charge in [-0.15, -0.1) is 0 Å². The Morgan fingerprint density at radius 3 is 2.77 bits per heavy atom. The van der Waals surface area contributed by atoms with E-state index < -0.39 is 0 Å². The second kappa shape index (κ2) is 6.10. The van der Waals surface area contributed by atoms with Gasteiger partial charge in [0.15, 0.2) is 0 Å². The highest BCUT2D eigenvalue weighted by Gasteiger charge is 2.07. The summed E-state index contributed by atoms with van der Waals surface area (Å²) in [7, 11) is 0. The van der Waals surface area contributed by atoms with E-state index >= 15 is 0 Å². The Labute approximate surface area is 131 Å². The van der Waals surface area contributed by atoms with Crippen molar-refractivity contribution in [2.75, 3.05) is 0 Å². The maximum atomic E-state index is 5.78. The molecule has 0 aliphatic heterocycles. The van der Waals surface area contributed by atoms with Crippen LogP contribution in [0.15, 0.2) is 60.5 Å². The van der Waals surface area contributed by atoms with Crippen molar-refractivity contribution in [3.05, 3.63) is 66.1 Å². The van der Waals surface area contributed by atoms with E-state index in [-0.39, 0.29) is 0 Å². The van der Waals surface area contributed by atoms with Gasteiger partial charge in [-0.1, -0.05) is 31.2 Å². The molecule has 0 spiro atoms. The number of hydrogen-bond donors (Lipinski definition) is 1. The molecule has 22 heavy (non-hydrogen) atoms. The summed E-state index contributed by atoms with van der Waals surface area (Å²) in [6.07, 6.45) is 4.92. The lowest BCUT2D eigenvalue weighted by atomic mass is 10.0. The van der Waals surface area contributed by atoms with Gasteiger partial charge >= 0.3 is 0 Å². The van der Waals surface area contributed by atoms with Crippen molar-refractivity contribution in [1.29, 1.82) is 0 Å². The zero-order valence-corrected chi connectivity index (χ0v) is 13.3. The summed E-state index contributed by atoms with van der Waals surface area (Å²) >= 11 is 0. The van der Waals surface area contributed by atoms with Gasteiger partial charge in [-0.25, -0.2) is 0 Å². The molecule has 1 aromatic heterocycles. The minimum atomic E-state index is 0.913. The molecule has 0 bridgehead atoms. The van der Waals surface area contributed by atoms with Gasteiger partial charge in [0.2, 0.25) is 0 Å². The molecule has 0 aliphatic rings. The van der Waals surface area contributed by atoms with Gasteiger partial charge in [-0.2, -0.15) is 0 Å². The van der Waals surface area contributed by atoms with E-state index in [4.69, 9.17) is 4.74 Å². The Morgan fingerprint density at radius 1 is 1.18 bits per heavy atom. The van der Waals surface area contributed by atoms with Crippen LogP contribution in [0.4, 0.5) is 0 Å². The summed E-state index contributed by atoms with van der Waals surface area (Å²) in [4.78, 5) is 3.33. The van der Waals surface area contributed by atoms with Crippen molar-refractivity contribution in [3.63, 3.8) is 0 Å². The second-order valence-electron chi connectivity index (χ2n) is 5.66. The molecule has 2 nitrogen and oxygen atoms in total. The van der Waals surface area contributed by atoms with Crippen LogP contribution in [0.1, 0.15) is 25.8 Å². The molecule has 1 N–H and O–H groups in total. The van der Waals surface area contributed by atoms with Crippen molar-refractivity contribution in [1.82, 2.24) is 4.98 Å². The highest BCUT2D eigenvalue weighted by Crippen LogP contribution is 2.31. The van der Waals surface area contributed by atoms with Crippen LogP contribution >= 0.6 is 0 Å². The number of nitrogens with one attached hydrogen (secondary N) is 1. The zero-order chi connectivity index (χ0) is 15.5. The number of benzene rings is 2. The van der Waals surface area contributed by atoms with Crippen LogP contribution in [0.3, 0.4) is 0 Å². The van der Waals surface area contributed by atoms with Gasteiger partial charge in [-0.3, -0.25) is 0 Å². The Morgan fingerprint density at radius 2 is 2.00 bits per heavy atom. The summed E-state index contributed by atoms with van der Waals surface area (Å²) in [5, 5.41) is 1.25. The molecule has 0 saturated carbocycles. The fourth-order valence-electron chi connectivity index (χ4n) is 2.51. The standard InChI is InChI=1S/C20H21NO/c1-4-14(2)13-22-20-10-9-16(11-15(20)3)18-12-21-19-8-6-5-7-17(18)19/h5-13,21H,4H2,1-3H3. The highest BCUT2D eigenvalue weighted by molar-refractivity contribution is 5.95. The summed E-state index contributed by atoms with van der Waals surface area (Å²) in [5.41, 5.74) is 5.98. The fourth-order valence-corrected chi connectivity index (χ4v) is 2.51. The van der Waals surface area contributed by atoms with E-state index in [0.717, 1.165) is 23.3 Å². The maximum absolute atomic E-state index is 5.78. The van der Waals surface area contributed by atoms with Crippen LogP contribution in [0, 0.1) is 6.92 Å². The first-order valence-corrected chi connectivity index (χ1v) is 7.68. The number of para-hydroxylation sites is 1. The number of rotatable bonds is 4. The average molecular weight is 291 g/mol. The van der Waals surface area contributed by atoms with Crippen LogP contribution in [0.2, 0.25) is 0 Å². The van der Waals surface area contributed by atoms with Gasteiger partial charge in [0, 0.05) is 22.7 Å². The summed E-state index contributed by atoms with van der Waals surface area (Å²) in [5.74, 6) is 0.913. The molecule has 0 unspecified atom stereocenters. The van der Waals surface area contributed by atoms with Gasteiger partial charge in [0.25, 0.3) is 0 Å². The van der Waals surface area contributed by atoms with Crippen molar-refractivity contribution in [2.24, 2.45) is 0 Å². The molecule has 112 valence electrons. The van der Waals surface area contributed by atoms with E-state index in [9.17, 15) is 0 Å². The Bertz CT molecular complexity index is 827. The molecule has 2 heteroatoms. The Balaban J connectivity index is 1.95. The molecule has 2 aromatic carbocycles. The third-order valence-corrected chi connectivity index (χ3v) is 4.02. The Kier molecular flexibility index (Phi) is 4.01. The fraction of sp³-hybridized carbons (Fsp3) is 0.200. The molecule has 0 radical (unpaired) electrons. The average Bonchev–Trinajstić information content (AvgIpc) is 2.97. The van der Waals surface area contributed by atoms with E-state index in [1.54, 1.807) is 0 Å². The van der Waals surface area contributed by atoms with Crippen LogP contribution in [-0.2, 0) is 0 Å². The molecule has 0 atom stereocenters. The number of hydrogen-bond acceptors (Lipinski definition) is 1. The molecule has 0 aliphatic carbocycles. The number of ether oxygens (including phenoxy) is 1. The normalized spacial score (nSPS) is 11.9. The second-order valence-corrected chi connectivity index (χ2v) is 5.66. The predicted octanol–water partition coefficient (Wildman–Crippen LogP) is 5.84. The monoisotopic (exact) mass is 291 g/mol. The third-order valence-electron chi connectivity index (χ3n) is 4.02. The lowest BCUT2D eigenvalue weighted by molar-refractivity contribution is 0.470. The van der Waals surface area contributed by atoms with Crippen LogP contribution in [0.5, 0.6) is 5.75 Å². The first-order chi connectivity index (χ1) is 10.7. The lowest BCUT2D eigenvalue weighted by Crippen LogP contribution is -1.89. The minimum Gasteiger partial charge on any atom is -0.465 e. The van der Waals surface area contributed by atoms with E-state index in [0.29, 0.717) is 0 Å². The summed E-state index contributed by atoms with van der Waals surface area (Å²) in [6.45, 7) is 6.29. The lowest BCUT2D eigenvalue weighted by Gasteiger charge is -2.08. The predicted molar refractivity (Wildman–Crippen MR) is 93.1 cm³/mol. The van der Waals surface area contributed by atoms with Gasteiger partial charge in [0.05, 0.1) is 6.26 Å². The quantitative estimate of drug-likeness (QED) is 0.600. The highest BCUT2D eigenvalue weighted by atomic mass is 16.5. The summed E-state index contributed by atoms with van der Waals surface area (Å²) < 4.78 is 5.78. The van der Waals surface area contributed by atoms with Gasteiger partial charge in [-0.05, 0) is 55.2 Å². The molecular formula is C20H21NO. The molecule has 3 aromatic rings. The number of aromatic nitrogens is 1. The van der Waals surface area contributed by atoms with Crippen molar-refractivity contribution in [2.45, 2.75) is 27.2 Å². The minimum absolute atomic E-state index is 0.913. The maximum Gasteiger partial charge on any atom is 0.129 e. The van der Waals surface area contributed by atoms with Gasteiger partial charge in [0.1, 0.15) is 5.75 Å². The molecule has 3 rings (SSSR count). The first kappa shape index (κ1) is 14.5. The largest absolute Gasteiger partial charge is 0.465 e. The van der Waals surface area contributed by atoms with Gasteiger partial charge < -0.3 is 9.72 Å². The topological polar surface area (TPSA) is 25.0 Å². The van der Waals surface area contributed by atoms with Crippen LogP contribution in [-0.4, -0.2) is 4.98 Å².